The maximum atomic E-state index is 13.1. The quantitative estimate of drug-likeness (QED) is 0.755. The first-order chi connectivity index (χ1) is 12.3. The second kappa shape index (κ2) is 7.80. The molecule has 7 heteroatoms. The van der Waals surface area contributed by atoms with E-state index in [1.54, 1.807) is 40.5 Å². The van der Waals surface area contributed by atoms with Crippen molar-refractivity contribution in [3.05, 3.63) is 52.2 Å². The van der Waals surface area contributed by atoms with Crippen LogP contribution in [0.15, 0.2) is 41.8 Å². The van der Waals surface area contributed by atoms with Gasteiger partial charge in [-0.2, -0.15) is 0 Å². The number of hydrogen-bond donors (Lipinski definition) is 0. The zero-order valence-electron chi connectivity index (χ0n) is 14.9. The van der Waals surface area contributed by atoms with Crippen LogP contribution in [0.2, 0.25) is 0 Å². The molecule has 3 rings (SSSR count). The molecule has 1 amide bonds. The minimum atomic E-state index is -3.07. The maximum absolute atomic E-state index is 13.1. The van der Waals surface area contributed by atoms with Gasteiger partial charge in [-0.25, -0.2) is 8.42 Å². The third-order valence-corrected chi connectivity index (χ3v) is 6.90. The molecule has 0 spiro atoms. The fourth-order valence-corrected chi connectivity index (χ4v) is 5.51. The van der Waals surface area contributed by atoms with E-state index in [0.29, 0.717) is 24.3 Å². The molecule has 5 nitrogen and oxygen atoms in total. The monoisotopic (exact) mass is 393 g/mol. The first kappa shape index (κ1) is 18.9. The highest BCUT2D eigenvalue weighted by molar-refractivity contribution is 7.91. The summed E-state index contributed by atoms with van der Waals surface area (Å²) in [7, 11) is -3.07. The number of carbonyl (C=O) groups excluding carboxylic acids is 1. The normalized spacial score (nSPS) is 18.8. The van der Waals surface area contributed by atoms with Crippen LogP contribution in [0.3, 0.4) is 0 Å². The summed E-state index contributed by atoms with van der Waals surface area (Å²) in [6, 6.07) is 10.7. The molecule has 1 aromatic carbocycles. The van der Waals surface area contributed by atoms with E-state index in [1.165, 1.54) is 0 Å². The summed E-state index contributed by atoms with van der Waals surface area (Å²) >= 11 is 1.57. The molecule has 2 aromatic rings. The smallest absolute Gasteiger partial charge is 0.254 e. The molecule has 1 aromatic heterocycles. The molecule has 0 bridgehead atoms. The van der Waals surface area contributed by atoms with Crippen molar-refractivity contribution in [1.82, 2.24) is 4.90 Å². The molecular formula is C19H23NO4S2. The first-order valence-electron chi connectivity index (χ1n) is 8.64. The van der Waals surface area contributed by atoms with Crippen molar-refractivity contribution in [2.45, 2.75) is 39.0 Å². The highest BCUT2D eigenvalue weighted by Gasteiger charge is 2.35. The Kier molecular flexibility index (Phi) is 5.67. The van der Waals surface area contributed by atoms with Crippen LogP contribution in [0.25, 0.3) is 0 Å². The number of hydrogen-bond acceptors (Lipinski definition) is 5. The molecule has 1 aliphatic rings. The van der Waals surface area contributed by atoms with Crippen molar-refractivity contribution < 1.29 is 17.9 Å². The Bertz CT molecular complexity index is 842. The van der Waals surface area contributed by atoms with E-state index in [1.807, 2.05) is 31.4 Å². The van der Waals surface area contributed by atoms with Crippen molar-refractivity contribution in [2.24, 2.45) is 0 Å². The Morgan fingerprint density at radius 1 is 1.27 bits per heavy atom. The van der Waals surface area contributed by atoms with E-state index in [4.69, 9.17) is 4.74 Å². The lowest BCUT2D eigenvalue weighted by molar-refractivity contribution is 0.0683. The lowest BCUT2D eigenvalue weighted by atomic mass is 10.1. The number of rotatable bonds is 6. The summed E-state index contributed by atoms with van der Waals surface area (Å²) in [5, 5.41) is 1.96. The third-order valence-electron chi connectivity index (χ3n) is 4.29. The highest BCUT2D eigenvalue weighted by atomic mass is 32.2. The lowest BCUT2D eigenvalue weighted by Crippen LogP contribution is -2.40. The summed E-state index contributed by atoms with van der Waals surface area (Å²) in [5.41, 5.74) is 0.543. The minimum Gasteiger partial charge on any atom is -0.491 e. The van der Waals surface area contributed by atoms with E-state index in [0.717, 1.165) is 4.88 Å². The van der Waals surface area contributed by atoms with Crippen LogP contribution < -0.4 is 4.74 Å². The van der Waals surface area contributed by atoms with Crippen molar-refractivity contribution in [2.75, 3.05) is 11.5 Å². The maximum Gasteiger partial charge on any atom is 0.254 e. The van der Waals surface area contributed by atoms with Crippen LogP contribution in [0.5, 0.6) is 5.75 Å². The highest BCUT2D eigenvalue weighted by Crippen LogP contribution is 2.24. The Balaban J connectivity index is 1.82. The molecule has 0 unspecified atom stereocenters. The van der Waals surface area contributed by atoms with Gasteiger partial charge in [-0.1, -0.05) is 6.07 Å². The van der Waals surface area contributed by atoms with E-state index in [9.17, 15) is 13.2 Å². The van der Waals surface area contributed by atoms with E-state index in [2.05, 4.69) is 0 Å². The first-order valence-corrected chi connectivity index (χ1v) is 11.3. The molecule has 1 atom stereocenters. The summed E-state index contributed by atoms with van der Waals surface area (Å²) < 4.78 is 29.4. The third kappa shape index (κ3) is 4.65. The minimum absolute atomic E-state index is 0.0403. The number of ether oxygens (including phenoxy) is 1. The topological polar surface area (TPSA) is 63.7 Å². The number of carbonyl (C=O) groups is 1. The number of benzene rings is 1. The van der Waals surface area contributed by atoms with Crippen molar-refractivity contribution in [3.63, 3.8) is 0 Å². The molecule has 2 heterocycles. The van der Waals surface area contributed by atoms with Crippen molar-refractivity contribution >= 4 is 27.1 Å². The van der Waals surface area contributed by atoms with Gasteiger partial charge in [0.15, 0.2) is 9.84 Å². The van der Waals surface area contributed by atoms with Crippen LogP contribution in [0.1, 0.15) is 35.5 Å². The van der Waals surface area contributed by atoms with E-state index >= 15 is 0 Å². The standard InChI is InChI=1S/C19H23NO4S2/c1-14(2)24-17-7-5-15(6-8-17)19(21)20(12-18-4-3-10-25-18)16-9-11-26(22,23)13-16/h3-8,10,14,16H,9,11-13H2,1-2H3/t16-/m0/s1. The van der Waals surface area contributed by atoms with E-state index in [-0.39, 0.29) is 29.6 Å². The van der Waals surface area contributed by atoms with Crippen LogP contribution in [-0.2, 0) is 16.4 Å². The second-order valence-corrected chi connectivity index (χ2v) is 10.0. The molecule has 0 aliphatic carbocycles. The number of sulfone groups is 1. The van der Waals surface area contributed by atoms with Gasteiger partial charge in [-0.15, -0.1) is 11.3 Å². The zero-order valence-corrected chi connectivity index (χ0v) is 16.6. The number of nitrogens with zero attached hydrogens (tertiary/aromatic N) is 1. The summed E-state index contributed by atoms with van der Waals surface area (Å²) in [4.78, 5) is 15.8. The molecule has 0 saturated carbocycles. The number of thiophene rings is 1. The predicted molar refractivity (Wildman–Crippen MR) is 103 cm³/mol. The molecule has 0 N–H and O–H groups in total. The van der Waals surface area contributed by atoms with Crippen LogP contribution in [0, 0.1) is 0 Å². The molecule has 1 saturated heterocycles. The van der Waals surface area contributed by atoms with Gasteiger partial charge < -0.3 is 9.64 Å². The van der Waals surface area contributed by atoms with Gasteiger partial charge >= 0.3 is 0 Å². The second-order valence-electron chi connectivity index (χ2n) is 6.76. The van der Waals surface area contributed by atoms with Gasteiger partial charge in [0, 0.05) is 16.5 Å². The molecule has 26 heavy (non-hydrogen) atoms. The zero-order chi connectivity index (χ0) is 18.7. The average Bonchev–Trinajstić information content (AvgIpc) is 3.21. The molecule has 0 radical (unpaired) electrons. The van der Waals surface area contributed by atoms with Gasteiger partial charge in [-0.3, -0.25) is 4.79 Å². The molecule has 1 aliphatic heterocycles. The van der Waals surface area contributed by atoms with E-state index < -0.39 is 9.84 Å². The van der Waals surface area contributed by atoms with Crippen LogP contribution >= 0.6 is 11.3 Å². The predicted octanol–water partition coefficient (Wildman–Crippen LogP) is 3.36. The average molecular weight is 394 g/mol. The summed E-state index contributed by atoms with van der Waals surface area (Å²) in [5.74, 6) is 0.757. The van der Waals surface area contributed by atoms with Gasteiger partial charge in [0.25, 0.3) is 5.91 Å². The van der Waals surface area contributed by atoms with Gasteiger partial charge in [0.05, 0.1) is 24.2 Å². The van der Waals surface area contributed by atoms with Crippen LogP contribution in [-0.4, -0.2) is 42.9 Å². The van der Waals surface area contributed by atoms with Crippen molar-refractivity contribution in [1.29, 1.82) is 0 Å². The van der Waals surface area contributed by atoms with Crippen LogP contribution in [0.4, 0.5) is 0 Å². The largest absolute Gasteiger partial charge is 0.491 e. The Morgan fingerprint density at radius 2 is 2.00 bits per heavy atom. The molecular weight excluding hydrogens is 370 g/mol. The fraction of sp³-hybridized carbons (Fsp3) is 0.421. The molecule has 1 fully saturated rings. The summed E-state index contributed by atoms with van der Waals surface area (Å²) in [6.45, 7) is 4.33. The van der Waals surface area contributed by atoms with Gasteiger partial charge in [-0.05, 0) is 56.0 Å². The Labute approximate surface area is 158 Å². The molecule has 140 valence electrons. The Hall–Kier alpha value is -1.86. The fourth-order valence-electron chi connectivity index (χ4n) is 3.07. The van der Waals surface area contributed by atoms with Gasteiger partial charge in [0.1, 0.15) is 5.75 Å². The lowest BCUT2D eigenvalue weighted by Gasteiger charge is -2.28. The SMILES string of the molecule is CC(C)Oc1ccc(C(=O)N(Cc2cccs2)[C@H]2CCS(=O)(=O)C2)cc1. The summed E-state index contributed by atoms with van der Waals surface area (Å²) in [6.07, 6.45) is 0.559. The number of amides is 1. The Morgan fingerprint density at radius 3 is 2.54 bits per heavy atom. The van der Waals surface area contributed by atoms with Gasteiger partial charge in [0.2, 0.25) is 0 Å². The van der Waals surface area contributed by atoms with Crippen molar-refractivity contribution in [3.8, 4) is 5.75 Å².